The number of fused-ring (bicyclic) bond motifs is 8. The zero-order valence-electron chi connectivity index (χ0n) is 38.9. The van der Waals surface area contributed by atoms with Gasteiger partial charge in [-0.2, -0.15) is 0 Å². The van der Waals surface area contributed by atoms with Gasteiger partial charge in [0, 0.05) is 32.0 Å². The maximum Gasteiger partial charge on any atom is 0.143 e. The number of para-hydroxylation sites is 2. The predicted octanol–water partition coefficient (Wildman–Crippen LogP) is 13.7. The number of hydrogen-bond acceptors (Lipinski definition) is 4. The molecular formula is C48H28N2OS. The van der Waals surface area contributed by atoms with Crippen molar-refractivity contribution in [3.05, 3.63) is 170 Å². The maximum atomic E-state index is 9.37. The van der Waals surface area contributed by atoms with Crippen molar-refractivity contribution >= 4 is 75.1 Å². The number of hydrogen-bond donors (Lipinski definition) is 0. The average molecular weight is 693 g/mol. The van der Waals surface area contributed by atoms with Gasteiger partial charge in [0.15, 0.2) is 0 Å². The monoisotopic (exact) mass is 692 g/mol. The highest BCUT2D eigenvalue weighted by atomic mass is 32.1. The Morgan fingerprint density at radius 3 is 2.19 bits per heavy atom. The van der Waals surface area contributed by atoms with Crippen LogP contribution in [0.2, 0.25) is 0 Å². The van der Waals surface area contributed by atoms with E-state index in [2.05, 4.69) is 18.2 Å². The summed E-state index contributed by atoms with van der Waals surface area (Å²) < 4.78 is 114. The Hall–Kier alpha value is -6.62. The second-order valence-corrected chi connectivity index (χ2v) is 13.5. The largest absolute Gasteiger partial charge is 0.455 e. The Labute approximate surface area is 319 Å². The van der Waals surface area contributed by atoms with Crippen LogP contribution < -0.4 is 0 Å². The lowest BCUT2D eigenvalue weighted by Gasteiger charge is -2.08. The van der Waals surface area contributed by atoms with Crippen LogP contribution in [0.3, 0.4) is 0 Å². The zero-order chi connectivity index (χ0) is 44.6. The molecule has 0 spiro atoms. The van der Waals surface area contributed by atoms with E-state index < -0.39 is 71.6 Å². The summed E-state index contributed by atoms with van der Waals surface area (Å²) in [5, 5.41) is 1.86. The van der Waals surface area contributed by atoms with Crippen molar-refractivity contribution in [2.75, 3.05) is 0 Å². The molecule has 0 saturated carbocycles. The summed E-state index contributed by atoms with van der Waals surface area (Å²) in [4.78, 5) is 9.44. The molecule has 11 rings (SSSR count). The van der Waals surface area contributed by atoms with Crippen molar-refractivity contribution in [1.82, 2.24) is 9.97 Å². The number of aromatic nitrogens is 2. The third-order valence-electron chi connectivity index (χ3n) is 9.35. The van der Waals surface area contributed by atoms with Gasteiger partial charge in [-0.25, -0.2) is 9.97 Å². The van der Waals surface area contributed by atoms with Crippen LogP contribution in [0.5, 0.6) is 0 Å². The van der Waals surface area contributed by atoms with Crippen LogP contribution in [0.1, 0.15) is 16.4 Å². The van der Waals surface area contributed by atoms with E-state index in [4.69, 9.17) is 28.1 Å². The van der Waals surface area contributed by atoms with Crippen LogP contribution in [0.15, 0.2) is 174 Å². The van der Waals surface area contributed by atoms with E-state index in [0.717, 1.165) is 59.1 Å². The van der Waals surface area contributed by atoms with Crippen molar-refractivity contribution in [3.8, 4) is 44.6 Å². The van der Waals surface area contributed by atoms with Crippen LogP contribution in [-0.2, 0) is 0 Å². The molecule has 0 aliphatic carbocycles. The van der Waals surface area contributed by atoms with Gasteiger partial charge in [0.25, 0.3) is 0 Å². The zero-order valence-corrected chi connectivity index (χ0v) is 27.8. The highest BCUT2D eigenvalue weighted by Crippen LogP contribution is 2.42. The molecule has 4 heteroatoms. The molecule has 0 fully saturated rings. The van der Waals surface area contributed by atoms with Crippen LogP contribution in [0, 0.1) is 0 Å². The second-order valence-electron chi connectivity index (χ2n) is 12.4. The second kappa shape index (κ2) is 11.5. The van der Waals surface area contributed by atoms with E-state index in [0.29, 0.717) is 11.1 Å². The molecule has 0 saturated heterocycles. The molecule has 0 radical (unpaired) electrons. The molecule has 0 bridgehead atoms. The van der Waals surface area contributed by atoms with Crippen molar-refractivity contribution in [2.24, 2.45) is 0 Å². The van der Waals surface area contributed by atoms with Crippen LogP contribution in [0.25, 0.3) is 108 Å². The van der Waals surface area contributed by atoms with Crippen molar-refractivity contribution in [1.29, 1.82) is 0 Å². The van der Waals surface area contributed by atoms with E-state index in [-0.39, 0.29) is 39.2 Å². The summed E-state index contributed by atoms with van der Waals surface area (Å²) in [6.45, 7) is 0. The molecule has 8 aromatic carbocycles. The van der Waals surface area contributed by atoms with Gasteiger partial charge >= 0.3 is 0 Å². The maximum absolute atomic E-state index is 9.37. The van der Waals surface area contributed by atoms with E-state index >= 15 is 0 Å². The Morgan fingerprint density at radius 1 is 0.519 bits per heavy atom. The molecule has 3 heterocycles. The van der Waals surface area contributed by atoms with Gasteiger partial charge in [0.05, 0.1) is 32.4 Å². The van der Waals surface area contributed by atoms with E-state index in [1.807, 2.05) is 66.7 Å². The Morgan fingerprint density at radius 2 is 1.27 bits per heavy atom. The average Bonchev–Trinajstić information content (AvgIpc) is 3.88. The fourth-order valence-electron chi connectivity index (χ4n) is 6.87. The minimum atomic E-state index is -0.659. The molecule has 242 valence electrons. The van der Waals surface area contributed by atoms with Crippen LogP contribution in [0.4, 0.5) is 0 Å². The van der Waals surface area contributed by atoms with Crippen molar-refractivity contribution < 1.29 is 20.9 Å². The first kappa shape index (κ1) is 19.7. The molecule has 11 aromatic rings. The Balaban J connectivity index is 1.04. The SMILES string of the molecule is [2H]c1c(-c2c([2H])c([2H])c3c([2H])c([2H])c([2H])c([2H])c3c2[2H])c([2H])c2c([2H])cc(-c3ccc4sc5c(-c6cccc(-c7cccc8c7oc7ccccc78)c6)ncnc5c4c3)c([2H])c2c1[2H]. The number of furan rings is 1. The summed E-state index contributed by atoms with van der Waals surface area (Å²) in [5.74, 6) is 0. The smallest absolute Gasteiger partial charge is 0.143 e. The van der Waals surface area contributed by atoms with Crippen molar-refractivity contribution in [3.63, 3.8) is 0 Å². The molecule has 3 nitrogen and oxygen atoms in total. The summed E-state index contributed by atoms with van der Waals surface area (Å²) in [5.41, 5.74) is 5.82. The van der Waals surface area contributed by atoms with Gasteiger partial charge < -0.3 is 4.42 Å². The first-order chi connectivity index (χ1) is 30.8. The Kier molecular flexibility index (Phi) is 4.34. The minimum Gasteiger partial charge on any atom is -0.455 e. The summed E-state index contributed by atoms with van der Waals surface area (Å²) >= 11 is 1.52. The van der Waals surface area contributed by atoms with Gasteiger partial charge in [-0.05, 0) is 91.8 Å². The molecule has 0 amide bonds. The van der Waals surface area contributed by atoms with E-state index in [1.54, 1.807) is 0 Å². The predicted molar refractivity (Wildman–Crippen MR) is 219 cm³/mol. The third-order valence-corrected chi connectivity index (χ3v) is 10.5. The number of thiophene rings is 1. The third kappa shape index (κ3) is 4.65. The fraction of sp³-hybridized carbons (Fsp3) is 0. The van der Waals surface area contributed by atoms with Gasteiger partial charge in [0.1, 0.15) is 17.5 Å². The molecule has 0 unspecified atom stereocenters. The van der Waals surface area contributed by atoms with Gasteiger partial charge in [-0.3, -0.25) is 0 Å². The summed E-state index contributed by atoms with van der Waals surface area (Å²) in [6.07, 6.45) is 1.52. The van der Waals surface area contributed by atoms with Gasteiger partial charge in [-0.15, -0.1) is 11.3 Å². The molecule has 3 aromatic heterocycles. The lowest BCUT2D eigenvalue weighted by atomic mass is 9.96. The van der Waals surface area contributed by atoms with Gasteiger partial charge in [-0.1, -0.05) is 121 Å². The lowest BCUT2D eigenvalue weighted by molar-refractivity contribution is 0.670. The quantitative estimate of drug-likeness (QED) is 0.184. The summed E-state index contributed by atoms with van der Waals surface area (Å²) in [7, 11) is 0. The van der Waals surface area contributed by atoms with Crippen LogP contribution >= 0.6 is 11.3 Å². The summed E-state index contributed by atoms with van der Waals surface area (Å²) in [6, 6.07) is 22.7. The molecule has 52 heavy (non-hydrogen) atoms. The fourth-order valence-corrected chi connectivity index (χ4v) is 8.02. The topological polar surface area (TPSA) is 38.9 Å². The molecule has 0 N–H and O–H groups in total. The standard InChI is InChI=1S/C48H28N2OS/c1-2-8-30-23-31(16-15-29(30)7-1)32-17-18-34-25-35(20-19-33(34)24-32)36-21-22-44-42(27-36)46-48(52-44)45(49-28-50-46)38-10-5-9-37(26-38)39-12-6-13-41-40-11-3-4-14-43(40)51-47(39)41/h1-28H/i1D,2D,7D,8D,15D,16D,17D,18D,19D,23D,24D,25D. The first-order valence-corrected chi connectivity index (χ1v) is 17.3. The number of rotatable bonds is 4. The van der Waals surface area contributed by atoms with E-state index in [9.17, 15) is 2.74 Å². The van der Waals surface area contributed by atoms with Crippen molar-refractivity contribution in [2.45, 2.75) is 0 Å². The number of benzene rings is 8. The first-order valence-electron chi connectivity index (χ1n) is 22.5. The highest BCUT2D eigenvalue weighted by Gasteiger charge is 2.17. The molecular weight excluding hydrogens is 653 g/mol. The molecule has 0 aliphatic rings. The van der Waals surface area contributed by atoms with E-state index in [1.165, 1.54) is 23.7 Å². The van der Waals surface area contributed by atoms with Crippen LogP contribution in [-0.4, -0.2) is 9.97 Å². The normalized spacial score (nSPS) is 15.1. The minimum absolute atomic E-state index is 0.147. The highest BCUT2D eigenvalue weighted by molar-refractivity contribution is 7.26. The lowest BCUT2D eigenvalue weighted by Crippen LogP contribution is -1.87. The molecule has 0 atom stereocenters. The number of nitrogens with zero attached hydrogens (tertiary/aromatic N) is 2. The Bertz CT molecular complexity index is 3900. The van der Waals surface area contributed by atoms with Gasteiger partial charge in [0.2, 0.25) is 0 Å². The molecule has 0 aliphatic heterocycles.